The number of thioether (sulfide) groups is 1. The van der Waals surface area contributed by atoms with E-state index in [1.807, 2.05) is 12.3 Å². The van der Waals surface area contributed by atoms with Gasteiger partial charge in [0, 0.05) is 18.2 Å². The van der Waals surface area contributed by atoms with E-state index >= 15 is 0 Å². The molecule has 1 fully saturated rings. The Balaban J connectivity index is 2.10. The average molecular weight is 315 g/mol. The predicted molar refractivity (Wildman–Crippen MR) is 78.8 cm³/mol. The van der Waals surface area contributed by atoms with Crippen LogP contribution in [0.25, 0.3) is 0 Å². The quantitative estimate of drug-likeness (QED) is 0.919. The van der Waals surface area contributed by atoms with Gasteiger partial charge in [-0.05, 0) is 6.42 Å². The number of nitrogens with zero attached hydrogens (tertiary/aromatic N) is 3. The van der Waals surface area contributed by atoms with Gasteiger partial charge in [-0.25, -0.2) is 14.6 Å². The van der Waals surface area contributed by atoms with Crippen LogP contribution < -0.4 is 0 Å². The number of hydrogen-bond donors (Lipinski definition) is 1. The highest BCUT2D eigenvalue weighted by Gasteiger charge is 2.41. The molecule has 1 aliphatic heterocycles. The highest BCUT2D eigenvalue weighted by atomic mass is 32.2. The monoisotopic (exact) mass is 315 g/mol. The zero-order chi connectivity index (χ0) is 14.7. The van der Waals surface area contributed by atoms with Crippen molar-refractivity contribution in [2.45, 2.75) is 31.3 Å². The van der Waals surface area contributed by atoms with Gasteiger partial charge in [-0.2, -0.15) is 0 Å². The van der Waals surface area contributed by atoms with E-state index in [4.69, 9.17) is 0 Å². The van der Waals surface area contributed by atoms with Gasteiger partial charge >= 0.3 is 12.0 Å². The van der Waals surface area contributed by atoms with E-state index < -0.39 is 12.0 Å². The summed E-state index contributed by atoms with van der Waals surface area (Å²) in [7, 11) is 1.68. The molecule has 2 rings (SSSR count). The van der Waals surface area contributed by atoms with Crippen LogP contribution in [-0.2, 0) is 11.3 Å². The molecule has 6 nitrogen and oxygen atoms in total. The fourth-order valence-electron chi connectivity index (χ4n) is 2.15. The molecule has 1 N–H and O–H groups in total. The Bertz CT molecular complexity index is 480. The van der Waals surface area contributed by atoms with E-state index in [0.717, 1.165) is 12.1 Å². The summed E-state index contributed by atoms with van der Waals surface area (Å²) in [5.74, 6) is -0.492. The Kier molecular flexibility index (Phi) is 4.87. The fraction of sp³-hybridized carbons (Fsp3) is 0.583. The summed E-state index contributed by atoms with van der Waals surface area (Å²) in [5, 5.41) is 11.1. The third-order valence-corrected chi connectivity index (χ3v) is 5.25. The largest absolute Gasteiger partial charge is 0.480 e. The first kappa shape index (κ1) is 15.1. The highest BCUT2D eigenvalue weighted by molar-refractivity contribution is 8.00. The molecular formula is C12H17N3O3S2. The highest BCUT2D eigenvalue weighted by Crippen LogP contribution is 2.32. The molecule has 2 unspecified atom stereocenters. The Morgan fingerprint density at radius 1 is 1.60 bits per heavy atom. The Morgan fingerprint density at radius 2 is 2.35 bits per heavy atom. The molecule has 2 amide bonds. The predicted octanol–water partition coefficient (Wildman–Crippen LogP) is 1.93. The Morgan fingerprint density at radius 3 is 2.90 bits per heavy atom. The fourth-order valence-corrected chi connectivity index (χ4v) is 4.04. The van der Waals surface area contributed by atoms with Crippen LogP contribution in [0.5, 0.6) is 0 Å². The van der Waals surface area contributed by atoms with Crippen LogP contribution in [0.15, 0.2) is 10.9 Å². The van der Waals surface area contributed by atoms with E-state index in [1.165, 1.54) is 32.9 Å². The number of carbonyl (C=O) groups is 2. The minimum Gasteiger partial charge on any atom is -0.480 e. The molecule has 2 atom stereocenters. The number of carboxylic acid groups (broad SMARTS) is 1. The van der Waals surface area contributed by atoms with Crippen molar-refractivity contribution in [1.82, 2.24) is 14.8 Å². The lowest BCUT2D eigenvalue weighted by atomic mass is 10.2. The summed E-state index contributed by atoms with van der Waals surface area (Å²) in [6, 6.07) is -0.988. The van der Waals surface area contributed by atoms with Crippen molar-refractivity contribution in [2.75, 3.05) is 12.8 Å². The number of hydrogen-bond acceptors (Lipinski definition) is 5. The lowest BCUT2D eigenvalue weighted by molar-refractivity contribution is -0.141. The smallest absolute Gasteiger partial charge is 0.327 e. The lowest BCUT2D eigenvalue weighted by Crippen LogP contribution is -2.50. The zero-order valence-corrected chi connectivity index (χ0v) is 13.0. The minimum absolute atomic E-state index is 0.0681. The number of carboxylic acids is 1. The van der Waals surface area contributed by atoms with Gasteiger partial charge in [0.25, 0.3) is 0 Å². The summed E-state index contributed by atoms with van der Waals surface area (Å²) in [6.07, 6.45) is 0.741. The number of aromatic nitrogens is 1. The second-order valence-corrected chi connectivity index (χ2v) is 6.51. The molecule has 2 heterocycles. The lowest BCUT2D eigenvalue weighted by Gasteiger charge is -2.30. The minimum atomic E-state index is -0.941. The molecule has 20 heavy (non-hydrogen) atoms. The number of carbonyl (C=O) groups excluding carboxylic acids is 1. The van der Waals surface area contributed by atoms with Gasteiger partial charge in [0.2, 0.25) is 0 Å². The second kappa shape index (κ2) is 6.45. The number of aliphatic carboxylic acids is 1. The number of urea groups is 1. The van der Waals surface area contributed by atoms with Gasteiger partial charge in [-0.1, -0.05) is 6.92 Å². The van der Waals surface area contributed by atoms with E-state index in [0.29, 0.717) is 12.3 Å². The molecule has 1 saturated heterocycles. The van der Waals surface area contributed by atoms with Crippen LogP contribution in [0.1, 0.15) is 19.0 Å². The molecule has 8 heteroatoms. The molecule has 0 saturated carbocycles. The molecule has 0 spiro atoms. The zero-order valence-electron chi connectivity index (χ0n) is 11.4. The molecule has 1 aliphatic rings. The summed E-state index contributed by atoms with van der Waals surface area (Å²) >= 11 is 3.00. The molecular weight excluding hydrogens is 298 g/mol. The normalized spacial score (nSPS) is 22.0. The van der Waals surface area contributed by atoms with Crippen molar-refractivity contribution >= 4 is 35.1 Å². The van der Waals surface area contributed by atoms with Crippen molar-refractivity contribution < 1.29 is 14.7 Å². The molecule has 110 valence electrons. The molecule has 0 bridgehead atoms. The maximum atomic E-state index is 12.5. The van der Waals surface area contributed by atoms with Crippen LogP contribution >= 0.6 is 23.1 Å². The number of amides is 2. The van der Waals surface area contributed by atoms with Crippen molar-refractivity contribution in [1.29, 1.82) is 0 Å². The van der Waals surface area contributed by atoms with E-state index in [-0.39, 0.29) is 11.4 Å². The van der Waals surface area contributed by atoms with E-state index in [1.54, 1.807) is 12.6 Å². The first-order valence-electron chi connectivity index (χ1n) is 6.29. The number of rotatable bonds is 4. The molecule has 0 radical (unpaired) electrons. The van der Waals surface area contributed by atoms with Gasteiger partial charge < -0.3 is 10.0 Å². The van der Waals surface area contributed by atoms with Crippen LogP contribution in [-0.4, -0.2) is 56.1 Å². The van der Waals surface area contributed by atoms with Crippen LogP contribution in [0.4, 0.5) is 4.79 Å². The van der Waals surface area contributed by atoms with Crippen LogP contribution in [0.3, 0.4) is 0 Å². The molecule has 0 aromatic carbocycles. The second-order valence-electron chi connectivity index (χ2n) is 4.58. The summed E-state index contributed by atoms with van der Waals surface area (Å²) < 4.78 is 0. The maximum Gasteiger partial charge on any atom is 0.327 e. The molecule has 1 aromatic heterocycles. The van der Waals surface area contributed by atoms with Crippen LogP contribution in [0, 0.1) is 0 Å². The average Bonchev–Trinajstić information content (AvgIpc) is 3.05. The van der Waals surface area contributed by atoms with Crippen molar-refractivity contribution in [3.63, 3.8) is 0 Å². The third-order valence-electron chi connectivity index (χ3n) is 3.16. The van der Waals surface area contributed by atoms with Crippen molar-refractivity contribution in [2.24, 2.45) is 0 Å². The van der Waals surface area contributed by atoms with Gasteiger partial charge in [0.05, 0.1) is 23.1 Å². The summed E-state index contributed by atoms with van der Waals surface area (Å²) in [4.78, 5) is 30.9. The van der Waals surface area contributed by atoms with Crippen LogP contribution in [0.2, 0.25) is 0 Å². The van der Waals surface area contributed by atoms with Crippen molar-refractivity contribution in [3.05, 3.63) is 16.6 Å². The van der Waals surface area contributed by atoms with Gasteiger partial charge in [0.15, 0.2) is 0 Å². The van der Waals surface area contributed by atoms with E-state index in [9.17, 15) is 14.7 Å². The SMILES string of the molecule is CCC1SCC(C(=O)O)N1C(=O)N(C)Cc1cscn1. The topological polar surface area (TPSA) is 73.7 Å². The summed E-state index contributed by atoms with van der Waals surface area (Å²) in [6.45, 7) is 2.36. The van der Waals surface area contributed by atoms with Gasteiger partial charge in [0.1, 0.15) is 6.04 Å². The molecule has 0 aliphatic carbocycles. The first-order chi connectivity index (χ1) is 9.54. The standard InChI is InChI=1S/C12H17N3O3S2/c1-3-10-15(9(6-20-10)11(16)17)12(18)14(2)4-8-5-19-7-13-8/h5,7,9-10H,3-4,6H2,1-2H3,(H,16,17). The van der Waals surface area contributed by atoms with Crippen molar-refractivity contribution in [3.8, 4) is 0 Å². The third kappa shape index (κ3) is 3.06. The first-order valence-corrected chi connectivity index (χ1v) is 8.28. The maximum absolute atomic E-state index is 12.5. The number of thiazole rings is 1. The Hall–Kier alpha value is -1.28. The Labute approximate surface area is 125 Å². The van der Waals surface area contributed by atoms with Gasteiger partial charge in [-0.3, -0.25) is 4.90 Å². The summed E-state index contributed by atoms with van der Waals surface area (Å²) in [5.41, 5.74) is 2.53. The van der Waals surface area contributed by atoms with E-state index in [2.05, 4.69) is 4.98 Å². The van der Waals surface area contributed by atoms with Gasteiger partial charge in [-0.15, -0.1) is 23.1 Å². The molecule has 1 aromatic rings.